The monoisotopic (exact) mass is 834 g/mol. The van der Waals surface area contributed by atoms with Crippen molar-refractivity contribution in [1.29, 1.82) is 0 Å². The molecule has 20 nitrogen and oxygen atoms in total. The Morgan fingerprint density at radius 1 is 1.10 bits per heavy atom. The molecule has 6 rings (SSSR count). The van der Waals surface area contributed by atoms with Crippen LogP contribution in [0.4, 0.5) is 0 Å². The number of allylic oxidation sites excluding steroid dienone is 1. The van der Waals surface area contributed by atoms with Gasteiger partial charge in [0, 0.05) is 79.5 Å². The molecule has 0 spiro atoms. The summed E-state index contributed by atoms with van der Waals surface area (Å²) in [5, 5.41) is 73.7. The predicted molar refractivity (Wildman–Crippen MR) is 208 cm³/mol. The second kappa shape index (κ2) is 17.6. The predicted octanol–water partition coefficient (Wildman–Crippen LogP) is -2.36. The summed E-state index contributed by atoms with van der Waals surface area (Å²) in [6, 6.07) is 2.49. The lowest BCUT2D eigenvalue weighted by atomic mass is 9.75. The van der Waals surface area contributed by atoms with Crippen molar-refractivity contribution >= 4 is 35.6 Å². The van der Waals surface area contributed by atoms with Crippen LogP contribution < -0.4 is 31.6 Å². The number of phenols is 1. The summed E-state index contributed by atoms with van der Waals surface area (Å²) in [4.78, 5) is 70.2. The molecule has 2 amide bonds. The molecule has 60 heavy (non-hydrogen) atoms. The van der Waals surface area contributed by atoms with Gasteiger partial charge in [-0.15, -0.1) is 0 Å². The van der Waals surface area contributed by atoms with Crippen LogP contribution in [0.2, 0.25) is 0 Å². The third-order valence-corrected chi connectivity index (χ3v) is 11.1. The molecular weight excluding hydrogens is 788 g/mol. The van der Waals surface area contributed by atoms with Gasteiger partial charge in [-0.05, 0) is 36.1 Å². The highest BCUT2D eigenvalue weighted by Crippen LogP contribution is 2.46. The van der Waals surface area contributed by atoms with Crippen molar-refractivity contribution in [2.45, 2.75) is 62.6 Å². The molecule has 1 fully saturated rings. The topological polar surface area (TPSA) is 326 Å². The number of rotatable bonds is 15. The number of hydrogen-bond donors (Lipinski definition) is 10. The smallest absolute Gasteiger partial charge is 0.253 e. The quantitative estimate of drug-likeness (QED) is 0.0331. The molecule has 2 aromatic carbocycles. The first kappa shape index (κ1) is 43.4. The van der Waals surface area contributed by atoms with Crippen LogP contribution >= 0.6 is 0 Å². The normalized spacial score (nSPS) is 24.3. The van der Waals surface area contributed by atoms with Gasteiger partial charge in [-0.25, -0.2) is 0 Å². The number of ketones is 2. The maximum atomic E-state index is 14.6. The molecule has 12 N–H and O–H groups in total. The zero-order valence-electron chi connectivity index (χ0n) is 32.6. The fourth-order valence-electron chi connectivity index (χ4n) is 7.95. The number of dihydropyridines is 1. The molecule has 0 bridgehead atoms. The number of guanidine groups is 1. The lowest BCUT2D eigenvalue weighted by molar-refractivity contribution is -0.316. The van der Waals surface area contributed by atoms with E-state index >= 15 is 0 Å². The minimum Gasteiger partial charge on any atom is -0.507 e. The molecule has 3 heterocycles. The van der Waals surface area contributed by atoms with Gasteiger partial charge < -0.3 is 71.7 Å². The van der Waals surface area contributed by atoms with Crippen LogP contribution in [0.1, 0.15) is 61.4 Å². The summed E-state index contributed by atoms with van der Waals surface area (Å²) in [6.07, 6.45) is -2.35. The number of nitrogens with zero attached hydrogens (tertiary/aromatic N) is 2. The number of aliphatic imine (C=N–C) groups is 1. The molecule has 1 saturated heterocycles. The average Bonchev–Trinajstić information content (AvgIpc) is 3.55. The van der Waals surface area contributed by atoms with Gasteiger partial charge in [-0.3, -0.25) is 29.1 Å². The Balaban J connectivity index is 1.38. The number of aldehydes is 1. The molecule has 1 aliphatic carbocycles. The van der Waals surface area contributed by atoms with E-state index in [9.17, 15) is 54.6 Å². The molecule has 6 atom stereocenters. The number of amides is 2. The van der Waals surface area contributed by atoms with E-state index in [1.165, 1.54) is 26.3 Å². The van der Waals surface area contributed by atoms with Gasteiger partial charge in [-0.2, -0.15) is 0 Å². The number of fused-ring (bicyclic) bond motifs is 2. The number of aromatic hydroxyl groups is 1. The Kier molecular flexibility index (Phi) is 12.7. The number of methoxy groups -OCH3 is 1. The van der Waals surface area contributed by atoms with Crippen molar-refractivity contribution in [3.05, 3.63) is 86.8 Å². The number of aryl methyl sites for hydroxylation is 1. The minimum atomic E-state index is -2.47. The zero-order valence-corrected chi connectivity index (χ0v) is 32.6. The van der Waals surface area contributed by atoms with E-state index in [4.69, 9.17) is 25.7 Å². The summed E-state index contributed by atoms with van der Waals surface area (Å²) >= 11 is 0. The first-order valence-electron chi connectivity index (χ1n) is 18.8. The third kappa shape index (κ3) is 7.83. The number of carbonyl (C=O) groups excluding carboxylic acids is 5. The number of carbonyl (C=O) groups is 5. The highest BCUT2D eigenvalue weighted by molar-refractivity contribution is 6.31. The minimum absolute atomic E-state index is 0.00544. The molecule has 4 aliphatic rings. The zero-order chi connectivity index (χ0) is 43.6. The SMILES string of the molecule is CN=C(N)NCc1c(CCC=O)cc2c(c1O)C(=O)c1c(O[C@@H]3O[C@H](CO)[C@](O)(C[C@H](CN4C(=O)C=CC4=O)C4=CCNC(N)=C4)[C@H](O)[C@H]3O)cc(OC)c(CO)c1C2=O. The summed E-state index contributed by atoms with van der Waals surface area (Å²) in [5.74, 6) is -4.93. The van der Waals surface area contributed by atoms with Crippen LogP contribution in [-0.2, 0) is 38.7 Å². The molecule has 3 aliphatic heterocycles. The summed E-state index contributed by atoms with van der Waals surface area (Å²) in [5.41, 5.74) is 8.60. The summed E-state index contributed by atoms with van der Waals surface area (Å²) < 4.78 is 17.4. The van der Waals surface area contributed by atoms with E-state index < -0.39 is 102 Å². The number of aliphatic hydroxyl groups is 5. The van der Waals surface area contributed by atoms with Crippen LogP contribution in [0, 0.1) is 5.92 Å². The number of nitrogens with two attached hydrogens (primary N) is 2. The number of phenolic OH excluding ortho intramolecular Hbond substituents is 1. The van der Waals surface area contributed by atoms with Gasteiger partial charge in [0.05, 0.1) is 37.3 Å². The standard InChI is InChI=1S/C40H46N6O14/c1-43-39(42)45-14-22-19(4-3-9-47)10-21-31(34(22)53)35(54)32-25(12-24(58-2)23(16-48)30(32)33(21)52)59-38-36(55)37(56)40(57,26(17-49)60-38)13-20(18-7-8-44-27(41)11-18)15-46-28(50)5-6-29(46)51/h5-7,9-12,20,26,36-38,44,48-49,53,55-57H,3-4,8,13-17,41H2,1-2H3,(H3,42,43,45)/t20-,26-,36-,37-,38-,40-/m1/s1. The lowest BCUT2D eigenvalue weighted by Gasteiger charge is -2.49. The first-order chi connectivity index (χ1) is 28.6. The van der Waals surface area contributed by atoms with Crippen molar-refractivity contribution in [1.82, 2.24) is 15.5 Å². The molecule has 0 aromatic heterocycles. The number of nitrogens with one attached hydrogen (secondary N) is 2. The molecule has 0 saturated carbocycles. The van der Waals surface area contributed by atoms with Crippen molar-refractivity contribution in [2.24, 2.45) is 22.4 Å². The van der Waals surface area contributed by atoms with Gasteiger partial charge in [-0.1, -0.05) is 6.08 Å². The Hall–Kier alpha value is -6.16. The highest BCUT2D eigenvalue weighted by Gasteiger charge is 2.57. The van der Waals surface area contributed by atoms with Crippen molar-refractivity contribution in [3.8, 4) is 17.2 Å². The van der Waals surface area contributed by atoms with E-state index in [0.717, 1.165) is 23.1 Å². The fourth-order valence-corrected chi connectivity index (χ4v) is 7.95. The second-order valence-electron chi connectivity index (χ2n) is 14.5. The van der Waals surface area contributed by atoms with E-state index in [-0.39, 0.29) is 72.3 Å². The molecule has 2 aromatic rings. The summed E-state index contributed by atoms with van der Waals surface area (Å²) in [7, 11) is 2.64. The largest absolute Gasteiger partial charge is 0.507 e. The van der Waals surface area contributed by atoms with E-state index in [1.807, 2.05) is 0 Å². The van der Waals surface area contributed by atoms with Gasteiger partial charge in [0.25, 0.3) is 11.8 Å². The fraction of sp³-hybridized carbons (Fsp3) is 0.400. The van der Waals surface area contributed by atoms with Crippen molar-refractivity contribution in [3.63, 3.8) is 0 Å². The Morgan fingerprint density at radius 3 is 2.43 bits per heavy atom. The molecule has 320 valence electrons. The maximum absolute atomic E-state index is 14.6. The average molecular weight is 835 g/mol. The Bertz CT molecular complexity index is 2210. The molecule has 20 heteroatoms. The van der Waals surface area contributed by atoms with Gasteiger partial charge in [0.1, 0.15) is 47.4 Å². The molecule has 0 unspecified atom stereocenters. The van der Waals surface area contributed by atoms with E-state index in [0.29, 0.717) is 17.4 Å². The van der Waals surface area contributed by atoms with Gasteiger partial charge in [0.15, 0.2) is 11.7 Å². The molecule has 0 radical (unpaired) electrons. The van der Waals surface area contributed by atoms with Gasteiger partial charge >= 0.3 is 0 Å². The van der Waals surface area contributed by atoms with Crippen LogP contribution in [-0.4, -0.2) is 135 Å². The maximum Gasteiger partial charge on any atom is 0.253 e. The van der Waals surface area contributed by atoms with E-state index in [1.54, 1.807) is 6.08 Å². The number of imide groups is 1. The number of aliphatic hydroxyl groups excluding tert-OH is 4. The van der Waals surface area contributed by atoms with Crippen LogP contribution in [0.5, 0.6) is 17.2 Å². The Labute approximate surface area is 342 Å². The lowest BCUT2D eigenvalue weighted by Crippen LogP contribution is -2.68. The second-order valence-corrected chi connectivity index (χ2v) is 14.5. The van der Waals surface area contributed by atoms with Crippen LogP contribution in [0.25, 0.3) is 0 Å². The van der Waals surface area contributed by atoms with Gasteiger partial charge in [0.2, 0.25) is 12.1 Å². The first-order valence-corrected chi connectivity index (χ1v) is 18.8. The third-order valence-electron chi connectivity index (χ3n) is 11.1. The number of benzene rings is 2. The van der Waals surface area contributed by atoms with Crippen LogP contribution in [0.15, 0.2) is 52.8 Å². The van der Waals surface area contributed by atoms with Crippen LogP contribution in [0.3, 0.4) is 0 Å². The molecular formula is C40H46N6O14. The number of ether oxygens (including phenoxy) is 3. The summed E-state index contributed by atoms with van der Waals surface area (Å²) in [6.45, 7) is -1.96. The Morgan fingerprint density at radius 2 is 1.82 bits per heavy atom. The van der Waals surface area contributed by atoms with E-state index in [2.05, 4.69) is 15.6 Å². The highest BCUT2D eigenvalue weighted by atomic mass is 16.7. The van der Waals surface area contributed by atoms with Crippen molar-refractivity contribution < 1.29 is 68.8 Å². The number of hydrogen-bond acceptors (Lipinski definition) is 17. The van der Waals surface area contributed by atoms with Crippen molar-refractivity contribution in [2.75, 3.05) is 33.9 Å².